The molecular weight excluding hydrogens is 226 g/mol. The molecule has 0 atom stereocenters. The Morgan fingerprint density at radius 1 is 1.27 bits per heavy atom. The minimum absolute atomic E-state index is 0.0912. The van der Waals surface area contributed by atoms with Gasteiger partial charge in [-0.3, -0.25) is 4.79 Å². The van der Waals surface area contributed by atoms with Gasteiger partial charge >= 0.3 is 0 Å². The molecule has 0 radical (unpaired) electrons. The molecule has 2 rings (SSSR count). The van der Waals surface area contributed by atoms with Crippen LogP contribution < -0.4 is 5.32 Å². The zero-order valence-corrected chi connectivity index (χ0v) is 9.52. The van der Waals surface area contributed by atoms with Crippen molar-refractivity contribution >= 4 is 35.6 Å². The quantitative estimate of drug-likeness (QED) is 0.768. The number of hydrogen-bond acceptors (Lipinski definition) is 3. The van der Waals surface area contributed by atoms with Crippen LogP contribution in [-0.2, 0) is 0 Å². The van der Waals surface area contributed by atoms with Gasteiger partial charge in [0, 0.05) is 16.0 Å². The van der Waals surface area contributed by atoms with Gasteiger partial charge in [-0.2, -0.15) is 0 Å². The van der Waals surface area contributed by atoms with Crippen molar-refractivity contribution in [1.29, 1.82) is 0 Å². The predicted molar refractivity (Wildman–Crippen MR) is 66.0 cm³/mol. The van der Waals surface area contributed by atoms with E-state index in [0.717, 1.165) is 10.6 Å². The molecule has 0 aliphatic heterocycles. The maximum absolute atomic E-state index is 11.7. The van der Waals surface area contributed by atoms with Crippen molar-refractivity contribution in [3.05, 3.63) is 46.7 Å². The lowest BCUT2D eigenvalue weighted by atomic mass is 10.3. The molecule has 76 valence electrons. The van der Waals surface area contributed by atoms with E-state index in [1.54, 1.807) is 6.07 Å². The predicted octanol–water partition coefficient (Wildman–Crippen LogP) is 3.29. The van der Waals surface area contributed by atoms with E-state index in [0.29, 0.717) is 4.88 Å². The Labute approximate surface area is 97.4 Å². The Hall–Kier alpha value is -1.26. The van der Waals surface area contributed by atoms with Crippen LogP contribution in [0.3, 0.4) is 0 Å². The molecule has 1 N–H and O–H groups in total. The summed E-state index contributed by atoms with van der Waals surface area (Å²) in [5.41, 5.74) is 0.802. The van der Waals surface area contributed by atoms with E-state index in [4.69, 9.17) is 0 Å². The topological polar surface area (TPSA) is 29.1 Å². The standard InChI is InChI=1S/C11H9NOS2/c13-11(10-6-9(14)7-15-10)12-8-4-2-1-3-5-8/h1-7,14H,(H,12,13). The minimum atomic E-state index is -0.0912. The monoisotopic (exact) mass is 235 g/mol. The van der Waals surface area contributed by atoms with E-state index >= 15 is 0 Å². The second kappa shape index (κ2) is 4.51. The largest absolute Gasteiger partial charge is 0.321 e. The molecule has 15 heavy (non-hydrogen) atoms. The molecular formula is C11H9NOS2. The Bertz CT molecular complexity index is 464. The van der Waals surface area contributed by atoms with Crippen LogP contribution in [0.4, 0.5) is 5.69 Å². The fraction of sp³-hybridized carbons (Fsp3) is 0. The molecule has 1 aromatic heterocycles. The Balaban J connectivity index is 2.11. The third-order valence-electron chi connectivity index (χ3n) is 1.84. The third-order valence-corrected chi connectivity index (χ3v) is 3.20. The smallest absolute Gasteiger partial charge is 0.265 e. The van der Waals surface area contributed by atoms with E-state index in [9.17, 15) is 4.79 Å². The lowest BCUT2D eigenvalue weighted by Gasteiger charge is -2.01. The first-order chi connectivity index (χ1) is 7.25. The normalized spacial score (nSPS) is 9.93. The number of thiophene rings is 1. The van der Waals surface area contributed by atoms with Crippen molar-refractivity contribution in [2.45, 2.75) is 4.90 Å². The van der Waals surface area contributed by atoms with Gasteiger partial charge in [0.2, 0.25) is 0 Å². The average molecular weight is 235 g/mol. The lowest BCUT2D eigenvalue weighted by molar-refractivity contribution is 0.103. The molecule has 0 fully saturated rings. The van der Waals surface area contributed by atoms with Crippen LogP contribution in [0.2, 0.25) is 0 Å². The highest BCUT2D eigenvalue weighted by molar-refractivity contribution is 7.80. The van der Waals surface area contributed by atoms with Crippen LogP contribution >= 0.6 is 24.0 Å². The summed E-state index contributed by atoms with van der Waals surface area (Å²) in [6, 6.07) is 11.1. The third kappa shape index (κ3) is 2.61. The van der Waals surface area contributed by atoms with Gasteiger partial charge in [-0.25, -0.2) is 0 Å². The Morgan fingerprint density at radius 3 is 2.60 bits per heavy atom. The highest BCUT2D eigenvalue weighted by Crippen LogP contribution is 2.18. The van der Waals surface area contributed by atoms with Crippen molar-refractivity contribution in [1.82, 2.24) is 0 Å². The number of rotatable bonds is 2. The van der Waals surface area contributed by atoms with Crippen molar-refractivity contribution in [2.24, 2.45) is 0 Å². The number of amides is 1. The molecule has 0 spiro atoms. The van der Waals surface area contributed by atoms with Crippen LogP contribution in [-0.4, -0.2) is 5.91 Å². The maximum Gasteiger partial charge on any atom is 0.265 e. The van der Waals surface area contributed by atoms with Crippen molar-refractivity contribution in [2.75, 3.05) is 5.32 Å². The SMILES string of the molecule is O=C(Nc1ccccc1)c1cc(S)cs1. The molecule has 0 unspecified atom stereocenters. The first-order valence-corrected chi connectivity index (χ1v) is 5.72. The second-order valence-corrected chi connectivity index (χ2v) is 4.42. The van der Waals surface area contributed by atoms with Crippen LogP contribution in [0.25, 0.3) is 0 Å². The number of nitrogens with one attached hydrogen (secondary N) is 1. The summed E-state index contributed by atoms with van der Waals surface area (Å²) in [7, 11) is 0. The van der Waals surface area contributed by atoms with E-state index in [-0.39, 0.29) is 5.91 Å². The molecule has 0 saturated carbocycles. The number of carbonyl (C=O) groups excluding carboxylic acids is 1. The summed E-state index contributed by atoms with van der Waals surface area (Å²) in [6.45, 7) is 0. The number of carbonyl (C=O) groups is 1. The lowest BCUT2D eigenvalue weighted by Crippen LogP contribution is -2.09. The van der Waals surface area contributed by atoms with Gasteiger partial charge in [0.25, 0.3) is 5.91 Å². The molecule has 4 heteroatoms. The molecule has 1 heterocycles. The zero-order valence-electron chi connectivity index (χ0n) is 7.81. The van der Waals surface area contributed by atoms with Crippen molar-refractivity contribution in [3.63, 3.8) is 0 Å². The molecule has 0 aliphatic carbocycles. The van der Waals surface area contributed by atoms with Crippen molar-refractivity contribution in [3.8, 4) is 0 Å². The number of para-hydroxylation sites is 1. The van der Waals surface area contributed by atoms with Gasteiger partial charge in [-0.05, 0) is 18.2 Å². The van der Waals surface area contributed by atoms with Crippen LogP contribution in [0, 0.1) is 0 Å². The summed E-state index contributed by atoms with van der Waals surface area (Å²) >= 11 is 5.54. The summed E-state index contributed by atoms with van der Waals surface area (Å²) in [6.07, 6.45) is 0. The fourth-order valence-corrected chi connectivity index (χ4v) is 2.20. The van der Waals surface area contributed by atoms with E-state index in [2.05, 4.69) is 17.9 Å². The van der Waals surface area contributed by atoms with Gasteiger partial charge in [0.05, 0.1) is 4.88 Å². The van der Waals surface area contributed by atoms with Crippen LogP contribution in [0.15, 0.2) is 46.7 Å². The summed E-state index contributed by atoms with van der Waals surface area (Å²) in [4.78, 5) is 13.2. The zero-order chi connectivity index (χ0) is 10.7. The van der Waals surface area contributed by atoms with E-state index in [1.165, 1.54) is 11.3 Å². The Morgan fingerprint density at radius 2 is 2.00 bits per heavy atom. The second-order valence-electron chi connectivity index (χ2n) is 2.99. The maximum atomic E-state index is 11.7. The van der Waals surface area contributed by atoms with Gasteiger partial charge in [-0.1, -0.05) is 18.2 Å². The molecule has 2 aromatic rings. The number of hydrogen-bond donors (Lipinski definition) is 2. The van der Waals surface area contributed by atoms with Crippen molar-refractivity contribution < 1.29 is 4.79 Å². The average Bonchev–Trinajstić information content (AvgIpc) is 2.66. The first kappa shape index (κ1) is 10.3. The molecule has 2 nitrogen and oxygen atoms in total. The summed E-state index contributed by atoms with van der Waals surface area (Å²) < 4.78 is 0. The van der Waals surface area contributed by atoms with Gasteiger partial charge < -0.3 is 5.32 Å². The van der Waals surface area contributed by atoms with E-state index in [1.807, 2.05) is 35.7 Å². The fourth-order valence-electron chi connectivity index (χ4n) is 1.16. The summed E-state index contributed by atoms with van der Waals surface area (Å²) in [5.74, 6) is -0.0912. The molecule has 1 aromatic carbocycles. The molecule has 0 aliphatic rings. The number of anilines is 1. The van der Waals surface area contributed by atoms with Gasteiger partial charge in [0.1, 0.15) is 0 Å². The van der Waals surface area contributed by atoms with Crippen LogP contribution in [0.5, 0.6) is 0 Å². The number of benzene rings is 1. The Kier molecular flexibility index (Phi) is 3.08. The van der Waals surface area contributed by atoms with Gasteiger partial charge in [-0.15, -0.1) is 24.0 Å². The molecule has 0 saturated heterocycles. The molecule has 0 bridgehead atoms. The first-order valence-electron chi connectivity index (χ1n) is 4.39. The summed E-state index contributed by atoms with van der Waals surface area (Å²) in [5, 5.41) is 4.65. The highest BCUT2D eigenvalue weighted by Gasteiger charge is 2.07. The minimum Gasteiger partial charge on any atom is -0.321 e. The van der Waals surface area contributed by atoms with E-state index < -0.39 is 0 Å². The van der Waals surface area contributed by atoms with Crippen LogP contribution in [0.1, 0.15) is 9.67 Å². The van der Waals surface area contributed by atoms with Gasteiger partial charge in [0.15, 0.2) is 0 Å². The molecule has 1 amide bonds. The highest BCUT2D eigenvalue weighted by atomic mass is 32.1. The number of thiol groups is 1.